The quantitative estimate of drug-likeness (QED) is 0.667. The highest BCUT2D eigenvalue weighted by molar-refractivity contribution is 5.83. The summed E-state index contributed by atoms with van der Waals surface area (Å²) >= 11 is 0. The van der Waals surface area contributed by atoms with Gasteiger partial charge >= 0.3 is 0 Å². The second-order valence-corrected chi connectivity index (χ2v) is 4.82. The number of likely N-dealkylation sites (N-methyl/N-ethyl adjacent to an activating group) is 1. The molecular weight excluding hydrogens is 260 g/mol. The number of nitriles is 1. The van der Waals surface area contributed by atoms with E-state index in [1.54, 1.807) is 16.9 Å². The van der Waals surface area contributed by atoms with Gasteiger partial charge in [-0.2, -0.15) is 5.26 Å². The van der Waals surface area contributed by atoms with Gasteiger partial charge in [-0.05, 0) is 13.3 Å². The summed E-state index contributed by atoms with van der Waals surface area (Å²) in [7, 11) is 1.58. The maximum absolute atomic E-state index is 12.2. The third-order valence-corrected chi connectivity index (χ3v) is 3.59. The second kappa shape index (κ2) is 7.82. The molecule has 112 valence electrons. The average Bonchev–Trinajstić information content (AvgIpc) is 2.83. The molecule has 0 aromatic carbocycles. The number of nitrogens with zero attached hydrogens (tertiary/aromatic N) is 3. The van der Waals surface area contributed by atoms with Crippen LogP contribution in [0.25, 0.3) is 0 Å². The van der Waals surface area contributed by atoms with Crippen molar-refractivity contribution in [2.24, 2.45) is 5.73 Å². The van der Waals surface area contributed by atoms with Crippen molar-refractivity contribution in [1.29, 1.82) is 5.26 Å². The molecule has 7 nitrogen and oxygen atoms in total. The van der Waals surface area contributed by atoms with Gasteiger partial charge in [0.15, 0.2) is 0 Å². The lowest BCUT2D eigenvalue weighted by molar-refractivity contribution is -0.133. The molecule has 0 saturated carbocycles. The smallest absolute Gasteiger partial charge is 0.236 e. The van der Waals surface area contributed by atoms with Crippen LogP contribution in [0.3, 0.4) is 0 Å². The van der Waals surface area contributed by atoms with E-state index in [9.17, 15) is 9.59 Å². The van der Waals surface area contributed by atoms with Crippen molar-refractivity contribution in [3.8, 4) is 6.07 Å². The van der Waals surface area contributed by atoms with Gasteiger partial charge in [-0.1, -0.05) is 0 Å². The molecule has 0 aromatic heterocycles. The lowest BCUT2D eigenvalue weighted by Crippen LogP contribution is -2.46. The Hall–Kier alpha value is -1.65. The van der Waals surface area contributed by atoms with Crippen LogP contribution in [-0.2, 0) is 14.3 Å². The molecule has 1 rings (SSSR count). The lowest BCUT2D eigenvalue weighted by atomic mass is 10.2. The Morgan fingerprint density at radius 2 is 2.25 bits per heavy atom. The molecule has 1 fully saturated rings. The van der Waals surface area contributed by atoms with E-state index in [1.165, 1.54) is 0 Å². The molecule has 0 spiro atoms. The fourth-order valence-electron chi connectivity index (χ4n) is 2.42. The molecule has 1 saturated heterocycles. The van der Waals surface area contributed by atoms with Gasteiger partial charge in [-0.3, -0.25) is 14.5 Å². The number of hydrogen-bond donors (Lipinski definition) is 1. The minimum absolute atomic E-state index is 0.0746. The van der Waals surface area contributed by atoms with Crippen LogP contribution in [0.2, 0.25) is 0 Å². The maximum atomic E-state index is 12.2. The molecule has 1 aliphatic heterocycles. The average molecular weight is 282 g/mol. The Bertz CT molecular complexity index is 394. The highest BCUT2D eigenvalue weighted by atomic mass is 16.5. The van der Waals surface area contributed by atoms with E-state index < -0.39 is 11.9 Å². The second-order valence-electron chi connectivity index (χ2n) is 4.82. The molecule has 0 radical (unpaired) electrons. The molecule has 1 aliphatic rings. The standard InChI is InChI=1S/C13H22N4O3/c1-3-16(6-4-5-14)12(18)9-17-8-10(20-2)7-11(17)13(15)19/h10-11H,3-4,6-9H2,1-2H3,(H2,15,19)/t10-,11-/m0/s1. The molecule has 7 heteroatoms. The zero-order valence-corrected chi connectivity index (χ0v) is 12.0. The zero-order chi connectivity index (χ0) is 15.1. The van der Waals surface area contributed by atoms with Crippen molar-refractivity contribution in [2.75, 3.05) is 33.3 Å². The molecule has 2 amide bonds. The topological polar surface area (TPSA) is 99.7 Å². The van der Waals surface area contributed by atoms with E-state index in [-0.39, 0.29) is 18.6 Å². The number of methoxy groups -OCH3 is 1. The van der Waals surface area contributed by atoms with Crippen LogP contribution < -0.4 is 5.73 Å². The molecule has 0 bridgehead atoms. The van der Waals surface area contributed by atoms with Gasteiger partial charge in [-0.15, -0.1) is 0 Å². The lowest BCUT2D eigenvalue weighted by Gasteiger charge is -2.25. The zero-order valence-electron chi connectivity index (χ0n) is 12.0. The summed E-state index contributed by atoms with van der Waals surface area (Å²) in [4.78, 5) is 27.0. The van der Waals surface area contributed by atoms with Crippen molar-refractivity contribution in [1.82, 2.24) is 9.80 Å². The normalized spacial score (nSPS) is 22.4. The van der Waals surface area contributed by atoms with Gasteiger partial charge in [-0.25, -0.2) is 0 Å². The monoisotopic (exact) mass is 282 g/mol. The number of primary amides is 1. The van der Waals surface area contributed by atoms with Crippen LogP contribution in [0.15, 0.2) is 0 Å². The summed E-state index contributed by atoms with van der Waals surface area (Å²) in [6, 6.07) is 1.56. The molecule has 0 unspecified atom stereocenters. The first kappa shape index (κ1) is 16.4. The van der Waals surface area contributed by atoms with Crippen LogP contribution in [0, 0.1) is 11.3 Å². The van der Waals surface area contributed by atoms with Crippen molar-refractivity contribution in [3.05, 3.63) is 0 Å². The van der Waals surface area contributed by atoms with Crippen molar-refractivity contribution in [2.45, 2.75) is 31.9 Å². The number of amides is 2. The first-order valence-electron chi connectivity index (χ1n) is 6.74. The highest BCUT2D eigenvalue weighted by Gasteiger charge is 2.37. The maximum Gasteiger partial charge on any atom is 0.236 e. The number of nitrogens with two attached hydrogens (primary N) is 1. The van der Waals surface area contributed by atoms with Gasteiger partial charge in [0.2, 0.25) is 11.8 Å². The predicted octanol–water partition coefficient (Wildman–Crippen LogP) is -0.677. The number of likely N-dealkylation sites (tertiary alicyclic amines) is 1. The third kappa shape index (κ3) is 4.18. The molecule has 2 N–H and O–H groups in total. The molecule has 1 heterocycles. The summed E-state index contributed by atoms with van der Waals surface area (Å²) in [5.74, 6) is -0.525. The number of carbonyl (C=O) groups is 2. The van der Waals surface area contributed by atoms with Crippen molar-refractivity contribution < 1.29 is 14.3 Å². The Balaban J connectivity index is 2.62. The van der Waals surface area contributed by atoms with Gasteiger partial charge < -0.3 is 15.4 Å². The molecule has 20 heavy (non-hydrogen) atoms. The molecule has 0 aromatic rings. The predicted molar refractivity (Wildman–Crippen MR) is 72.5 cm³/mol. The SMILES string of the molecule is CCN(CCC#N)C(=O)CN1C[C@@H](OC)C[C@H]1C(N)=O. The van der Waals surface area contributed by atoms with Crippen molar-refractivity contribution >= 4 is 11.8 Å². The minimum atomic E-state index is -0.460. The van der Waals surface area contributed by atoms with E-state index in [1.807, 2.05) is 13.0 Å². The largest absolute Gasteiger partial charge is 0.380 e. The number of rotatable bonds is 7. The van der Waals surface area contributed by atoms with Crippen LogP contribution in [0.4, 0.5) is 0 Å². The first-order valence-corrected chi connectivity index (χ1v) is 6.74. The minimum Gasteiger partial charge on any atom is -0.380 e. The van der Waals surface area contributed by atoms with Gasteiger partial charge in [0.25, 0.3) is 0 Å². The van der Waals surface area contributed by atoms with Gasteiger partial charge in [0.05, 0.1) is 31.2 Å². The fraction of sp³-hybridized carbons (Fsp3) is 0.769. The van der Waals surface area contributed by atoms with Gasteiger partial charge in [0, 0.05) is 26.7 Å². The summed E-state index contributed by atoms with van der Waals surface area (Å²) in [5, 5.41) is 8.58. The molecular formula is C13H22N4O3. The number of ether oxygens (including phenoxy) is 1. The Morgan fingerprint density at radius 1 is 1.55 bits per heavy atom. The first-order chi connectivity index (χ1) is 9.53. The Kier molecular flexibility index (Phi) is 6.42. The number of carbonyl (C=O) groups excluding carboxylic acids is 2. The summed E-state index contributed by atoms with van der Waals surface area (Å²) in [6.07, 6.45) is 0.748. The molecule has 0 aliphatic carbocycles. The van der Waals surface area contributed by atoms with Crippen LogP contribution in [-0.4, -0.2) is 67.0 Å². The van der Waals surface area contributed by atoms with Gasteiger partial charge in [0.1, 0.15) is 0 Å². The van der Waals surface area contributed by atoms with Crippen LogP contribution in [0.5, 0.6) is 0 Å². The fourth-order valence-corrected chi connectivity index (χ4v) is 2.42. The summed E-state index contributed by atoms with van der Waals surface area (Å²) < 4.78 is 5.24. The Labute approximate surface area is 119 Å². The van der Waals surface area contributed by atoms with E-state index in [2.05, 4.69) is 0 Å². The van der Waals surface area contributed by atoms with E-state index >= 15 is 0 Å². The van der Waals surface area contributed by atoms with Crippen LogP contribution >= 0.6 is 0 Å². The Morgan fingerprint density at radius 3 is 2.75 bits per heavy atom. The van der Waals surface area contributed by atoms with Crippen LogP contribution in [0.1, 0.15) is 19.8 Å². The van der Waals surface area contributed by atoms with E-state index in [0.717, 1.165) is 0 Å². The number of hydrogen-bond acceptors (Lipinski definition) is 5. The van der Waals surface area contributed by atoms with E-state index in [4.69, 9.17) is 15.7 Å². The molecule has 2 atom stereocenters. The summed E-state index contributed by atoms with van der Waals surface area (Å²) in [6.45, 7) is 3.47. The summed E-state index contributed by atoms with van der Waals surface area (Å²) in [5.41, 5.74) is 5.37. The third-order valence-electron chi connectivity index (χ3n) is 3.59. The van der Waals surface area contributed by atoms with E-state index in [0.29, 0.717) is 32.5 Å². The van der Waals surface area contributed by atoms with Crippen molar-refractivity contribution in [3.63, 3.8) is 0 Å². The highest BCUT2D eigenvalue weighted by Crippen LogP contribution is 2.19.